The molecule has 0 saturated carbocycles. The van der Waals surface area contributed by atoms with Gasteiger partial charge in [0.1, 0.15) is 24.7 Å². The fourth-order valence-corrected chi connectivity index (χ4v) is 2.96. The van der Waals surface area contributed by atoms with E-state index in [2.05, 4.69) is 4.74 Å². The fraction of sp³-hybridized carbons (Fsp3) is 0.238. The van der Waals surface area contributed by atoms with E-state index in [4.69, 9.17) is 18.9 Å². The Morgan fingerprint density at radius 2 is 1.86 bits per heavy atom. The topological polar surface area (TPSA) is 80.3 Å². The van der Waals surface area contributed by atoms with Crippen molar-refractivity contribution < 1.29 is 33.3 Å². The summed E-state index contributed by atoms with van der Waals surface area (Å²) in [5.41, 5.74) is 1.19. The van der Waals surface area contributed by atoms with Gasteiger partial charge in [0.05, 0.1) is 12.7 Å². The zero-order chi connectivity index (χ0) is 19.7. The van der Waals surface area contributed by atoms with Crippen molar-refractivity contribution in [2.24, 2.45) is 0 Å². The van der Waals surface area contributed by atoms with E-state index in [1.54, 1.807) is 43.3 Å². The quantitative estimate of drug-likeness (QED) is 0.594. The van der Waals surface area contributed by atoms with E-state index in [1.807, 2.05) is 6.07 Å². The van der Waals surface area contributed by atoms with Crippen LogP contribution in [0.3, 0.4) is 0 Å². The molecule has 0 spiro atoms. The van der Waals surface area contributed by atoms with Crippen LogP contribution < -0.4 is 18.9 Å². The van der Waals surface area contributed by atoms with Gasteiger partial charge in [0, 0.05) is 6.07 Å². The van der Waals surface area contributed by atoms with Crippen LogP contribution in [0.15, 0.2) is 42.2 Å². The van der Waals surface area contributed by atoms with E-state index >= 15 is 0 Å². The molecule has 2 aromatic carbocycles. The van der Waals surface area contributed by atoms with Gasteiger partial charge in [-0.3, -0.25) is 4.79 Å². The Bertz CT molecular complexity index is 977. The van der Waals surface area contributed by atoms with E-state index in [0.29, 0.717) is 41.8 Å². The summed E-state index contributed by atoms with van der Waals surface area (Å²) >= 11 is 0. The van der Waals surface area contributed by atoms with Gasteiger partial charge >= 0.3 is 5.97 Å². The lowest BCUT2D eigenvalue weighted by molar-refractivity contribution is -0.147. The molecule has 2 heterocycles. The first-order valence-electron chi connectivity index (χ1n) is 8.77. The minimum atomic E-state index is -0.770. The maximum Gasteiger partial charge on any atom is 0.346 e. The molecule has 1 unspecified atom stereocenters. The van der Waals surface area contributed by atoms with E-state index in [9.17, 15) is 9.59 Å². The second-order valence-electron chi connectivity index (χ2n) is 6.28. The van der Waals surface area contributed by atoms with Crippen LogP contribution in [-0.2, 0) is 9.53 Å². The number of Topliss-reactive ketones (excluding diaryl/α,β-unsaturated/α-hetero) is 1. The van der Waals surface area contributed by atoms with Crippen LogP contribution >= 0.6 is 0 Å². The number of esters is 1. The molecule has 7 heteroatoms. The highest BCUT2D eigenvalue weighted by Gasteiger charge is 2.28. The summed E-state index contributed by atoms with van der Waals surface area (Å²) in [6.45, 7) is 2.59. The number of hydrogen-bond donors (Lipinski definition) is 0. The third-order valence-electron chi connectivity index (χ3n) is 4.35. The molecule has 28 heavy (non-hydrogen) atoms. The Morgan fingerprint density at radius 1 is 1.07 bits per heavy atom. The summed E-state index contributed by atoms with van der Waals surface area (Å²) in [7, 11) is 1.29. The van der Waals surface area contributed by atoms with Crippen LogP contribution in [0.5, 0.6) is 23.0 Å². The number of ether oxygens (including phenoxy) is 5. The molecule has 0 radical (unpaired) electrons. The lowest BCUT2D eigenvalue weighted by Gasteiger charge is -2.18. The Kier molecular flexibility index (Phi) is 4.65. The summed E-state index contributed by atoms with van der Waals surface area (Å²) in [4.78, 5) is 24.1. The molecule has 0 amide bonds. The van der Waals surface area contributed by atoms with Crippen molar-refractivity contribution in [3.63, 3.8) is 0 Å². The number of ketones is 1. The van der Waals surface area contributed by atoms with Crippen LogP contribution in [0.2, 0.25) is 0 Å². The van der Waals surface area contributed by atoms with Crippen LogP contribution in [0.4, 0.5) is 0 Å². The van der Waals surface area contributed by atoms with Crippen LogP contribution in [0.25, 0.3) is 6.08 Å². The number of benzene rings is 2. The number of fused-ring (bicyclic) bond motifs is 2. The molecule has 7 nitrogen and oxygen atoms in total. The van der Waals surface area contributed by atoms with Gasteiger partial charge in [-0.05, 0) is 42.8 Å². The lowest BCUT2D eigenvalue weighted by Crippen LogP contribution is -2.24. The Morgan fingerprint density at radius 3 is 2.64 bits per heavy atom. The number of carbonyl (C=O) groups is 2. The standard InChI is InChI=1S/C21H18O7/c1-12(21(23)24-2)27-14-4-5-15-17(11-14)28-19(20(15)22)10-13-3-6-16-18(9-13)26-8-7-25-16/h3-6,9-12H,7-8H2,1-2H3. The zero-order valence-corrected chi connectivity index (χ0v) is 15.4. The summed E-state index contributed by atoms with van der Waals surface area (Å²) in [6.07, 6.45) is 0.880. The average Bonchev–Trinajstić information content (AvgIpc) is 3.02. The summed E-state index contributed by atoms with van der Waals surface area (Å²) in [5.74, 6) is 1.58. The molecule has 0 fully saturated rings. The predicted molar refractivity (Wildman–Crippen MR) is 98.9 cm³/mol. The van der Waals surface area contributed by atoms with E-state index in [1.165, 1.54) is 7.11 Å². The first kappa shape index (κ1) is 17.9. The molecule has 1 atom stereocenters. The van der Waals surface area contributed by atoms with Gasteiger partial charge in [0.2, 0.25) is 5.78 Å². The highest BCUT2D eigenvalue weighted by Crippen LogP contribution is 2.36. The zero-order valence-electron chi connectivity index (χ0n) is 15.4. The molecule has 2 aliphatic rings. The third kappa shape index (κ3) is 3.38. The smallest absolute Gasteiger partial charge is 0.346 e. The van der Waals surface area contributed by atoms with Gasteiger partial charge in [-0.2, -0.15) is 0 Å². The summed E-state index contributed by atoms with van der Waals surface area (Å²) in [6, 6.07) is 10.2. The number of allylic oxidation sites excluding steroid dienone is 1. The van der Waals surface area contributed by atoms with Gasteiger partial charge in [-0.1, -0.05) is 6.07 Å². The fourth-order valence-electron chi connectivity index (χ4n) is 2.96. The highest BCUT2D eigenvalue weighted by molar-refractivity contribution is 6.14. The largest absolute Gasteiger partial charge is 0.486 e. The molecule has 0 aromatic heterocycles. The normalized spacial score (nSPS) is 16.9. The van der Waals surface area contributed by atoms with Crippen molar-refractivity contribution in [3.05, 3.63) is 53.3 Å². The van der Waals surface area contributed by atoms with Crippen molar-refractivity contribution in [2.45, 2.75) is 13.0 Å². The van der Waals surface area contributed by atoms with Crippen molar-refractivity contribution in [3.8, 4) is 23.0 Å². The van der Waals surface area contributed by atoms with E-state index in [-0.39, 0.29) is 11.5 Å². The molecule has 4 rings (SSSR count). The van der Waals surface area contributed by atoms with Gasteiger partial charge in [0.15, 0.2) is 23.4 Å². The molecular formula is C21H18O7. The molecular weight excluding hydrogens is 364 g/mol. The maximum atomic E-state index is 12.6. The minimum Gasteiger partial charge on any atom is -0.486 e. The number of rotatable bonds is 4. The number of carbonyl (C=O) groups excluding carboxylic acids is 2. The lowest BCUT2D eigenvalue weighted by atomic mass is 10.1. The highest BCUT2D eigenvalue weighted by atomic mass is 16.6. The molecule has 0 N–H and O–H groups in total. The third-order valence-corrected chi connectivity index (χ3v) is 4.35. The van der Waals surface area contributed by atoms with Crippen molar-refractivity contribution >= 4 is 17.8 Å². The number of methoxy groups -OCH3 is 1. The molecule has 2 aliphatic heterocycles. The first-order chi connectivity index (χ1) is 13.5. The van der Waals surface area contributed by atoms with Crippen molar-refractivity contribution in [1.29, 1.82) is 0 Å². The summed E-state index contributed by atoms with van der Waals surface area (Å²) in [5, 5.41) is 0. The van der Waals surface area contributed by atoms with Crippen LogP contribution in [-0.4, -0.2) is 38.2 Å². The Balaban J connectivity index is 1.55. The second kappa shape index (κ2) is 7.26. The predicted octanol–water partition coefficient (Wildman–Crippen LogP) is 3.01. The van der Waals surface area contributed by atoms with E-state index in [0.717, 1.165) is 5.56 Å². The molecule has 0 bridgehead atoms. The average molecular weight is 382 g/mol. The van der Waals surface area contributed by atoms with Gasteiger partial charge in [-0.25, -0.2) is 4.79 Å². The Labute approximate surface area is 161 Å². The molecule has 2 aromatic rings. The van der Waals surface area contributed by atoms with Crippen molar-refractivity contribution in [2.75, 3.05) is 20.3 Å². The molecule has 0 saturated heterocycles. The summed E-state index contributed by atoms with van der Waals surface area (Å²) < 4.78 is 26.9. The first-order valence-corrected chi connectivity index (χ1v) is 8.77. The van der Waals surface area contributed by atoms with Gasteiger partial charge < -0.3 is 23.7 Å². The van der Waals surface area contributed by atoms with Gasteiger partial charge in [-0.15, -0.1) is 0 Å². The van der Waals surface area contributed by atoms with Crippen LogP contribution in [0, 0.1) is 0 Å². The minimum absolute atomic E-state index is 0.199. The van der Waals surface area contributed by atoms with Crippen molar-refractivity contribution in [1.82, 2.24) is 0 Å². The second-order valence-corrected chi connectivity index (χ2v) is 6.28. The monoisotopic (exact) mass is 382 g/mol. The SMILES string of the molecule is COC(=O)C(C)Oc1ccc2c(c1)OC(=Cc1ccc3c(c1)OCCO3)C2=O. The maximum absolute atomic E-state index is 12.6. The number of hydrogen-bond acceptors (Lipinski definition) is 7. The molecule has 144 valence electrons. The van der Waals surface area contributed by atoms with Gasteiger partial charge in [0.25, 0.3) is 0 Å². The molecule has 0 aliphatic carbocycles. The Hall–Kier alpha value is -3.48. The van der Waals surface area contributed by atoms with Crippen LogP contribution in [0.1, 0.15) is 22.8 Å². The van der Waals surface area contributed by atoms with E-state index < -0.39 is 12.1 Å².